The van der Waals surface area contributed by atoms with E-state index in [0.29, 0.717) is 9.65 Å². The van der Waals surface area contributed by atoms with E-state index in [4.69, 9.17) is 0 Å². The predicted molar refractivity (Wildman–Crippen MR) is 96.5 cm³/mol. The van der Waals surface area contributed by atoms with Gasteiger partial charge in [-0.15, -0.1) is 0 Å². The molecule has 1 aliphatic heterocycles. The standard InChI is InChI=1S/C17H15F3N6O4S/c18-12-2-1-3-21-15(12)16(27)17(28)24-5-10-6-26(23-13(10)8-24)31(29,30)11-4-22-25(7-11)9-14(19)20/h1-4,6-7,14,16,27H,5,8-9H2. The first-order valence-electron chi connectivity index (χ1n) is 8.87. The molecule has 164 valence electrons. The monoisotopic (exact) mass is 456 g/mol. The van der Waals surface area contributed by atoms with Crippen molar-refractivity contribution in [3.05, 3.63) is 59.7 Å². The number of alkyl halides is 2. The van der Waals surface area contributed by atoms with Gasteiger partial charge in [-0.05, 0) is 12.1 Å². The summed E-state index contributed by atoms with van der Waals surface area (Å²) in [5.41, 5.74) is 0.265. The molecule has 1 amide bonds. The van der Waals surface area contributed by atoms with Crippen molar-refractivity contribution >= 4 is 15.9 Å². The van der Waals surface area contributed by atoms with Crippen molar-refractivity contribution in [2.75, 3.05) is 0 Å². The van der Waals surface area contributed by atoms with Gasteiger partial charge in [-0.1, -0.05) is 0 Å². The Hall–Kier alpha value is -3.26. The van der Waals surface area contributed by atoms with E-state index >= 15 is 0 Å². The SMILES string of the molecule is O=C(C(O)c1ncccc1F)N1Cc2cn(S(=O)(=O)c3cnn(CC(F)F)c3)nc2C1. The van der Waals surface area contributed by atoms with Crippen LogP contribution in [0.2, 0.25) is 0 Å². The Morgan fingerprint density at radius 2 is 2.03 bits per heavy atom. The van der Waals surface area contributed by atoms with E-state index < -0.39 is 46.5 Å². The number of aromatic nitrogens is 5. The zero-order valence-electron chi connectivity index (χ0n) is 15.6. The topological polar surface area (TPSA) is 123 Å². The summed E-state index contributed by atoms with van der Waals surface area (Å²) in [6.07, 6.45) is -0.160. The number of hydrogen-bond donors (Lipinski definition) is 1. The molecular weight excluding hydrogens is 441 g/mol. The van der Waals surface area contributed by atoms with Crippen LogP contribution in [0.25, 0.3) is 0 Å². The number of aliphatic hydroxyl groups is 1. The molecule has 10 nitrogen and oxygen atoms in total. The first-order valence-corrected chi connectivity index (χ1v) is 10.3. The second-order valence-electron chi connectivity index (χ2n) is 6.74. The molecular formula is C17H15F3N6O4S. The predicted octanol–water partition coefficient (Wildman–Crippen LogP) is 0.692. The van der Waals surface area contributed by atoms with Gasteiger partial charge in [0.05, 0.1) is 18.4 Å². The summed E-state index contributed by atoms with van der Waals surface area (Å²) in [4.78, 5) is 17.1. The lowest BCUT2D eigenvalue weighted by Crippen LogP contribution is -2.32. The molecule has 14 heteroatoms. The van der Waals surface area contributed by atoms with Crippen LogP contribution in [0.4, 0.5) is 13.2 Å². The maximum absolute atomic E-state index is 13.8. The second kappa shape index (κ2) is 7.77. The third-order valence-electron chi connectivity index (χ3n) is 4.63. The van der Waals surface area contributed by atoms with E-state index in [-0.39, 0.29) is 23.7 Å². The largest absolute Gasteiger partial charge is 0.377 e. The lowest BCUT2D eigenvalue weighted by atomic mass is 10.2. The lowest BCUT2D eigenvalue weighted by molar-refractivity contribution is -0.141. The van der Waals surface area contributed by atoms with E-state index in [2.05, 4.69) is 15.2 Å². The number of halogens is 3. The maximum Gasteiger partial charge on any atom is 0.286 e. The van der Waals surface area contributed by atoms with Crippen molar-refractivity contribution in [2.45, 2.75) is 37.1 Å². The van der Waals surface area contributed by atoms with Gasteiger partial charge in [-0.25, -0.2) is 13.2 Å². The summed E-state index contributed by atoms with van der Waals surface area (Å²) in [6, 6.07) is 2.39. The highest BCUT2D eigenvalue weighted by atomic mass is 32.2. The maximum atomic E-state index is 13.8. The molecule has 1 unspecified atom stereocenters. The van der Waals surface area contributed by atoms with Gasteiger partial charge in [0.15, 0.2) is 6.10 Å². The second-order valence-corrected chi connectivity index (χ2v) is 8.53. The number of hydrogen-bond acceptors (Lipinski definition) is 7. The number of amides is 1. The van der Waals surface area contributed by atoms with Crippen molar-refractivity contribution in [2.24, 2.45) is 0 Å². The average Bonchev–Trinajstić information content (AvgIpc) is 3.41. The minimum atomic E-state index is -4.17. The number of pyridine rings is 1. The summed E-state index contributed by atoms with van der Waals surface area (Å²) in [5, 5.41) is 17.7. The van der Waals surface area contributed by atoms with Crippen LogP contribution in [0, 0.1) is 5.82 Å². The molecule has 0 fully saturated rings. The summed E-state index contributed by atoms with van der Waals surface area (Å²) in [7, 11) is -4.17. The minimum Gasteiger partial charge on any atom is -0.377 e. The van der Waals surface area contributed by atoms with Crippen LogP contribution >= 0.6 is 0 Å². The summed E-state index contributed by atoms with van der Waals surface area (Å²) in [6.45, 7) is -0.909. The molecule has 0 bridgehead atoms. The van der Waals surface area contributed by atoms with E-state index in [1.54, 1.807) is 0 Å². The first kappa shape index (κ1) is 21.0. The van der Waals surface area contributed by atoms with Gasteiger partial charge in [0, 0.05) is 30.7 Å². The van der Waals surface area contributed by atoms with Crippen molar-refractivity contribution < 1.29 is 31.5 Å². The number of carbonyl (C=O) groups excluding carboxylic acids is 1. The summed E-state index contributed by atoms with van der Waals surface area (Å²) >= 11 is 0. The molecule has 0 aliphatic carbocycles. The van der Waals surface area contributed by atoms with Gasteiger partial charge in [0.25, 0.3) is 22.4 Å². The quantitative estimate of drug-likeness (QED) is 0.579. The fourth-order valence-corrected chi connectivity index (χ4v) is 4.25. The minimum absolute atomic E-state index is 0.0557. The molecule has 0 saturated heterocycles. The van der Waals surface area contributed by atoms with Gasteiger partial charge in [-0.3, -0.25) is 14.5 Å². The highest BCUT2D eigenvalue weighted by molar-refractivity contribution is 7.89. The fraction of sp³-hybridized carbons (Fsp3) is 0.294. The zero-order valence-corrected chi connectivity index (χ0v) is 16.5. The van der Waals surface area contributed by atoms with Gasteiger partial charge in [-0.2, -0.15) is 22.7 Å². The molecule has 31 heavy (non-hydrogen) atoms. The third kappa shape index (κ3) is 3.90. The molecule has 0 aromatic carbocycles. The molecule has 1 atom stereocenters. The molecule has 1 aliphatic rings. The van der Waals surface area contributed by atoms with Crippen LogP contribution in [-0.4, -0.2) is 54.7 Å². The smallest absolute Gasteiger partial charge is 0.286 e. The van der Waals surface area contributed by atoms with Gasteiger partial charge >= 0.3 is 0 Å². The van der Waals surface area contributed by atoms with Crippen molar-refractivity contribution in [1.82, 2.24) is 28.9 Å². The highest BCUT2D eigenvalue weighted by Crippen LogP contribution is 2.27. The summed E-state index contributed by atoms with van der Waals surface area (Å²) in [5.74, 6) is -1.64. The molecule has 0 spiro atoms. The van der Waals surface area contributed by atoms with Gasteiger partial charge < -0.3 is 10.0 Å². The molecule has 4 rings (SSSR count). The molecule has 0 radical (unpaired) electrons. The van der Waals surface area contributed by atoms with Crippen LogP contribution in [-0.2, 0) is 34.5 Å². The van der Waals surface area contributed by atoms with Crippen LogP contribution < -0.4 is 0 Å². The van der Waals surface area contributed by atoms with Crippen LogP contribution in [0.15, 0.2) is 41.8 Å². The van der Waals surface area contributed by atoms with Crippen LogP contribution in [0.3, 0.4) is 0 Å². The molecule has 4 heterocycles. The zero-order chi connectivity index (χ0) is 22.3. The molecule has 1 N–H and O–H groups in total. The van der Waals surface area contributed by atoms with Crippen molar-refractivity contribution in [1.29, 1.82) is 0 Å². The van der Waals surface area contributed by atoms with Gasteiger partial charge in [0.1, 0.15) is 23.0 Å². The van der Waals surface area contributed by atoms with Crippen LogP contribution in [0.1, 0.15) is 23.1 Å². The van der Waals surface area contributed by atoms with E-state index in [0.717, 1.165) is 23.1 Å². The Labute approximate surface area is 173 Å². The molecule has 3 aromatic heterocycles. The number of rotatable bonds is 6. The number of fused-ring (bicyclic) bond motifs is 1. The first-order chi connectivity index (χ1) is 14.7. The Morgan fingerprint density at radius 3 is 2.71 bits per heavy atom. The Balaban J connectivity index is 1.50. The van der Waals surface area contributed by atoms with Crippen molar-refractivity contribution in [3.8, 4) is 0 Å². The average molecular weight is 456 g/mol. The normalized spacial score (nSPS) is 14.8. The van der Waals surface area contributed by atoms with E-state index in [9.17, 15) is 31.5 Å². The van der Waals surface area contributed by atoms with E-state index in [1.165, 1.54) is 23.4 Å². The Morgan fingerprint density at radius 1 is 1.26 bits per heavy atom. The number of carbonyl (C=O) groups is 1. The highest BCUT2D eigenvalue weighted by Gasteiger charge is 2.34. The summed E-state index contributed by atoms with van der Waals surface area (Å²) < 4.78 is 65.5. The molecule has 3 aromatic rings. The third-order valence-corrected chi connectivity index (χ3v) is 6.11. The lowest BCUT2D eigenvalue weighted by Gasteiger charge is -2.19. The Kier molecular flexibility index (Phi) is 5.26. The van der Waals surface area contributed by atoms with Crippen LogP contribution in [0.5, 0.6) is 0 Å². The number of nitrogens with zero attached hydrogens (tertiary/aromatic N) is 6. The van der Waals surface area contributed by atoms with Gasteiger partial charge in [0.2, 0.25) is 0 Å². The fourth-order valence-electron chi connectivity index (χ4n) is 3.12. The van der Waals surface area contributed by atoms with E-state index in [1.807, 2.05) is 0 Å². The van der Waals surface area contributed by atoms with Crippen molar-refractivity contribution in [3.63, 3.8) is 0 Å². The Bertz CT molecular complexity index is 1220. The number of aliphatic hydroxyl groups excluding tert-OH is 1. The molecule has 0 saturated carbocycles.